The highest BCUT2D eigenvalue weighted by Gasteiger charge is 2.13. The van der Waals surface area contributed by atoms with Crippen molar-refractivity contribution in [1.82, 2.24) is 20.0 Å². The van der Waals surface area contributed by atoms with E-state index in [2.05, 4.69) is 15.3 Å². The van der Waals surface area contributed by atoms with Gasteiger partial charge < -0.3 is 11.5 Å². The zero-order valence-corrected chi connectivity index (χ0v) is 10.1. The Hall–Kier alpha value is -1.99. The molecule has 0 atom stereocenters. The van der Waals surface area contributed by atoms with Crippen LogP contribution >= 0.6 is 11.6 Å². The molecule has 8 heteroatoms. The highest BCUT2D eigenvalue weighted by Crippen LogP contribution is 2.15. The number of nitrogens with two attached hydrogens (primary N) is 2. The summed E-state index contributed by atoms with van der Waals surface area (Å²) in [7, 11) is 0. The first-order chi connectivity index (χ1) is 8.60. The average molecular weight is 267 g/mol. The Bertz CT molecular complexity index is 581. The van der Waals surface area contributed by atoms with E-state index in [4.69, 9.17) is 23.1 Å². The zero-order chi connectivity index (χ0) is 13.1. The van der Waals surface area contributed by atoms with Crippen LogP contribution in [0.15, 0.2) is 18.5 Å². The van der Waals surface area contributed by atoms with Gasteiger partial charge in [-0.1, -0.05) is 16.8 Å². The molecule has 4 N–H and O–H groups in total. The quantitative estimate of drug-likeness (QED) is 0.767. The number of anilines is 1. The Kier molecular flexibility index (Phi) is 3.54. The third kappa shape index (κ3) is 2.63. The first-order valence-electron chi connectivity index (χ1n) is 5.13. The van der Waals surface area contributed by atoms with Crippen molar-refractivity contribution >= 4 is 23.2 Å². The summed E-state index contributed by atoms with van der Waals surface area (Å²) in [6.45, 7) is 0.286. The van der Waals surface area contributed by atoms with Gasteiger partial charge in [0.1, 0.15) is 12.4 Å². The molecule has 0 spiro atoms. The van der Waals surface area contributed by atoms with Gasteiger partial charge in [0.15, 0.2) is 5.78 Å². The van der Waals surface area contributed by atoms with Crippen molar-refractivity contribution < 1.29 is 4.79 Å². The van der Waals surface area contributed by atoms with Crippen LogP contribution in [0.2, 0.25) is 5.02 Å². The molecule has 2 heterocycles. The summed E-state index contributed by atoms with van der Waals surface area (Å²) >= 11 is 5.77. The topological polar surface area (TPSA) is 113 Å². The van der Waals surface area contributed by atoms with Crippen LogP contribution in [0.3, 0.4) is 0 Å². The minimum absolute atomic E-state index is 0.0131. The number of Topliss-reactive ketones (excluding diaryl/α,β-unsaturated/α-hetero) is 1. The summed E-state index contributed by atoms with van der Waals surface area (Å²) in [5.74, 6) is -0.0977. The van der Waals surface area contributed by atoms with Gasteiger partial charge in [0, 0.05) is 12.7 Å². The van der Waals surface area contributed by atoms with E-state index in [1.54, 1.807) is 6.20 Å². The van der Waals surface area contributed by atoms with E-state index in [0.717, 1.165) is 0 Å². The van der Waals surface area contributed by atoms with Crippen LogP contribution in [0, 0.1) is 0 Å². The van der Waals surface area contributed by atoms with Gasteiger partial charge in [-0.3, -0.25) is 4.79 Å². The molecule has 0 aliphatic carbocycles. The summed E-state index contributed by atoms with van der Waals surface area (Å²) < 4.78 is 1.39. The second-order valence-electron chi connectivity index (χ2n) is 3.62. The molecule has 2 aromatic heterocycles. The maximum atomic E-state index is 12.0. The van der Waals surface area contributed by atoms with E-state index < -0.39 is 0 Å². The Morgan fingerprint density at radius 1 is 1.50 bits per heavy atom. The zero-order valence-electron chi connectivity index (χ0n) is 9.38. The second-order valence-corrected chi connectivity index (χ2v) is 4.06. The number of halogens is 1. The molecule has 2 aromatic rings. The number of rotatable bonds is 4. The molecule has 0 aliphatic heterocycles. The number of nitrogens with zero attached hydrogens (tertiary/aromatic N) is 4. The first-order valence-corrected chi connectivity index (χ1v) is 5.51. The minimum Gasteiger partial charge on any atom is -0.383 e. The Morgan fingerprint density at radius 2 is 2.28 bits per heavy atom. The van der Waals surface area contributed by atoms with Crippen molar-refractivity contribution in [3.05, 3.63) is 34.7 Å². The summed E-state index contributed by atoms with van der Waals surface area (Å²) in [6, 6.07) is 1.48. The number of aromatic nitrogens is 4. The van der Waals surface area contributed by atoms with Gasteiger partial charge in [0.05, 0.1) is 22.5 Å². The Morgan fingerprint density at radius 3 is 2.94 bits per heavy atom. The molecular weight excluding hydrogens is 256 g/mol. The van der Waals surface area contributed by atoms with Crippen LogP contribution in [0.1, 0.15) is 16.1 Å². The van der Waals surface area contributed by atoms with Gasteiger partial charge >= 0.3 is 0 Å². The Labute approximate surface area is 108 Å². The number of carbonyl (C=O) groups is 1. The predicted molar refractivity (Wildman–Crippen MR) is 65.9 cm³/mol. The third-order valence-electron chi connectivity index (χ3n) is 2.29. The van der Waals surface area contributed by atoms with Crippen LogP contribution in [0.5, 0.6) is 0 Å². The van der Waals surface area contributed by atoms with E-state index in [0.29, 0.717) is 10.7 Å². The lowest BCUT2D eigenvalue weighted by molar-refractivity contribution is 0.0967. The molecule has 0 aromatic carbocycles. The molecule has 0 amide bonds. The van der Waals surface area contributed by atoms with Gasteiger partial charge in [0.25, 0.3) is 0 Å². The monoisotopic (exact) mass is 266 g/mol. The molecule has 0 saturated carbocycles. The third-order valence-corrected chi connectivity index (χ3v) is 2.49. The highest BCUT2D eigenvalue weighted by molar-refractivity contribution is 6.31. The van der Waals surface area contributed by atoms with Gasteiger partial charge in [-0.25, -0.2) is 9.67 Å². The van der Waals surface area contributed by atoms with Crippen molar-refractivity contribution in [2.24, 2.45) is 5.73 Å². The minimum atomic E-state index is -0.240. The van der Waals surface area contributed by atoms with Crippen molar-refractivity contribution in [2.75, 3.05) is 5.73 Å². The van der Waals surface area contributed by atoms with Crippen molar-refractivity contribution in [1.29, 1.82) is 0 Å². The maximum absolute atomic E-state index is 12.0. The summed E-state index contributed by atoms with van der Waals surface area (Å²) in [5, 5.41) is 7.92. The normalized spacial score (nSPS) is 10.6. The van der Waals surface area contributed by atoms with Crippen LogP contribution in [0.25, 0.3) is 0 Å². The fraction of sp³-hybridized carbons (Fsp3) is 0.200. The summed E-state index contributed by atoms with van der Waals surface area (Å²) in [5.41, 5.74) is 11.9. The number of carbonyl (C=O) groups excluding carboxylic acids is 1. The largest absolute Gasteiger partial charge is 0.383 e. The number of ketones is 1. The second kappa shape index (κ2) is 5.11. The van der Waals surface area contributed by atoms with Crippen LogP contribution < -0.4 is 11.5 Å². The first kappa shape index (κ1) is 12.5. The SMILES string of the molecule is NCc1cn(CC(=O)c2cc(Cl)cnc2N)nn1. The molecule has 0 fully saturated rings. The molecule has 0 aliphatic rings. The van der Waals surface area contributed by atoms with Crippen molar-refractivity contribution in [3.63, 3.8) is 0 Å². The number of pyridine rings is 1. The van der Waals surface area contributed by atoms with Crippen LogP contribution in [-0.2, 0) is 13.1 Å². The van der Waals surface area contributed by atoms with E-state index >= 15 is 0 Å². The fourth-order valence-electron chi connectivity index (χ4n) is 1.41. The van der Waals surface area contributed by atoms with Gasteiger partial charge in [-0.05, 0) is 6.07 Å². The lowest BCUT2D eigenvalue weighted by atomic mass is 10.1. The smallest absolute Gasteiger partial charge is 0.188 e. The van der Waals surface area contributed by atoms with E-state index in [1.165, 1.54) is 16.9 Å². The molecular formula is C10H11ClN6O. The number of hydrogen-bond donors (Lipinski definition) is 2. The lowest BCUT2D eigenvalue weighted by Crippen LogP contribution is -2.13. The molecule has 0 radical (unpaired) electrons. The van der Waals surface area contributed by atoms with E-state index in [9.17, 15) is 4.79 Å². The van der Waals surface area contributed by atoms with Crippen molar-refractivity contribution in [3.8, 4) is 0 Å². The average Bonchev–Trinajstić information content (AvgIpc) is 2.80. The molecule has 0 saturated heterocycles. The molecule has 18 heavy (non-hydrogen) atoms. The van der Waals surface area contributed by atoms with Crippen molar-refractivity contribution in [2.45, 2.75) is 13.1 Å². The molecule has 94 valence electrons. The van der Waals surface area contributed by atoms with Gasteiger partial charge in [-0.2, -0.15) is 0 Å². The van der Waals surface area contributed by atoms with E-state index in [1.807, 2.05) is 0 Å². The van der Waals surface area contributed by atoms with Gasteiger partial charge in [-0.15, -0.1) is 5.10 Å². The van der Waals surface area contributed by atoms with Gasteiger partial charge in [0.2, 0.25) is 0 Å². The highest BCUT2D eigenvalue weighted by atomic mass is 35.5. The predicted octanol–water partition coefficient (Wildman–Crippen LogP) is 0.250. The maximum Gasteiger partial charge on any atom is 0.188 e. The lowest BCUT2D eigenvalue weighted by Gasteiger charge is -2.04. The number of hydrogen-bond acceptors (Lipinski definition) is 6. The number of nitrogen functional groups attached to an aromatic ring is 1. The molecule has 7 nitrogen and oxygen atoms in total. The van der Waals surface area contributed by atoms with E-state index in [-0.39, 0.29) is 30.3 Å². The standard InChI is InChI=1S/C10H11ClN6O/c11-6-1-8(10(13)14-3-6)9(18)5-17-4-7(2-12)15-16-17/h1,3-4H,2,5,12H2,(H2,13,14). The molecule has 2 rings (SSSR count). The summed E-state index contributed by atoms with van der Waals surface area (Å²) in [6.07, 6.45) is 2.99. The molecule has 0 unspecified atom stereocenters. The fourth-order valence-corrected chi connectivity index (χ4v) is 1.57. The Balaban J connectivity index is 2.19. The summed E-state index contributed by atoms with van der Waals surface area (Å²) in [4.78, 5) is 15.8. The molecule has 0 bridgehead atoms. The van der Waals surface area contributed by atoms with Crippen LogP contribution in [-0.4, -0.2) is 25.8 Å². The van der Waals surface area contributed by atoms with Crippen LogP contribution in [0.4, 0.5) is 5.82 Å².